The summed E-state index contributed by atoms with van der Waals surface area (Å²) in [6.07, 6.45) is -3.19. The van der Waals surface area contributed by atoms with E-state index in [1.54, 1.807) is 13.0 Å². The van der Waals surface area contributed by atoms with Crippen molar-refractivity contribution >= 4 is 34.9 Å². The molecule has 24 heavy (non-hydrogen) atoms. The highest BCUT2D eigenvalue weighted by Gasteiger charge is 2.33. The Labute approximate surface area is 139 Å². The highest BCUT2D eigenvalue weighted by atomic mass is 35.5. The van der Waals surface area contributed by atoms with E-state index < -0.39 is 28.6 Å². The van der Waals surface area contributed by atoms with Crippen LogP contribution in [0.5, 0.6) is 0 Å². The van der Waals surface area contributed by atoms with Crippen LogP contribution < -0.4 is 10.6 Å². The van der Waals surface area contributed by atoms with Crippen molar-refractivity contribution in [1.82, 2.24) is 4.98 Å². The third-order valence-electron chi connectivity index (χ3n) is 2.89. The number of halogens is 4. The van der Waals surface area contributed by atoms with Gasteiger partial charge in [-0.1, -0.05) is 17.7 Å². The van der Waals surface area contributed by atoms with Crippen LogP contribution in [-0.4, -0.2) is 16.8 Å². The monoisotopic (exact) mass is 357 g/mol. The summed E-state index contributed by atoms with van der Waals surface area (Å²) in [5.41, 5.74) is -0.454. The number of rotatable bonds is 2. The molecule has 2 rings (SSSR count). The Kier molecular flexibility index (Phi) is 5.08. The molecule has 0 aliphatic heterocycles. The second-order valence-electron chi connectivity index (χ2n) is 4.82. The van der Waals surface area contributed by atoms with Crippen molar-refractivity contribution in [1.29, 1.82) is 0 Å². The molecule has 1 heterocycles. The van der Waals surface area contributed by atoms with Gasteiger partial charge in [0.1, 0.15) is 5.82 Å². The molecule has 0 aliphatic rings. The Morgan fingerprint density at radius 1 is 1.08 bits per heavy atom. The number of hydrogen-bond donors (Lipinski definition) is 2. The summed E-state index contributed by atoms with van der Waals surface area (Å²) in [6, 6.07) is 5.96. The van der Waals surface area contributed by atoms with Gasteiger partial charge >= 0.3 is 18.0 Å². The van der Waals surface area contributed by atoms with Gasteiger partial charge < -0.3 is 10.6 Å². The predicted octanol–water partition coefficient (Wildman–Crippen LogP) is 3.64. The first-order valence-corrected chi connectivity index (χ1v) is 6.96. The Morgan fingerprint density at radius 3 is 2.33 bits per heavy atom. The van der Waals surface area contributed by atoms with Gasteiger partial charge in [0.25, 0.3) is 0 Å². The normalized spacial score (nSPS) is 11.0. The zero-order valence-corrected chi connectivity index (χ0v) is 13.0. The second kappa shape index (κ2) is 6.88. The smallest absolute Gasteiger partial charge is 0.318 e. The molecule has 0 radical (unpaired) electrons. The molecule has 0 atom stereocenters. The molecular weight excluding hydrogens is 347 g/mol. The van der Waals surface area contributed by atoms with Gasteiger partial charge in [-0.25, -0.2) is 4.98 Å². The summed E-state index contributed by atoms with van der Waals surface area (Å²) in [6.45, 7) is 1.80. The predicted molar refractivity (Wildman–Crippen MR) is 82.7 cm³/mol. The topological polar surface area (TPSA) is 71.1 Å². The maximum atomic E-state index is 12.8. The lowest BCUT2D eigenvalue weighted by molar-refractivity contribution is -0.137. The van der Waals surface area contributed by atoms with Crippen LogP contribution >= 0.6 is 11.6 Å². The van der Waals surface area contributed by atoms with E-state index in [9.17, 15) is 22.8 Å². The highest BCUT2D eigenvalue weighted by molar-refractivity contribution is 6.43. The number of carbonyl (C=O) groups excluding carboxylic acids is 2. The molecule has 0 unspecified atom stereocenters. The van der Waals surface area contributed by atoms with Crippen LogP contribution in [0.2, 0.25) is 5.02 Å². The number of anilines is 2. The molecule has 0 bridgehead atoms. The number of nitrogens with one attached hydrogen (secondary N) is 2. The second-order valence-corrected chi connectivity index (χ2v) is 5.23. The largest absolute Gasteiger partial charge is 0.417 e. The summed E-state index contributed by atoms with van der Waals surface area (Å²) >= 11 is 5.48. The Hall–Kier alpha value is -2.61. The maximum absolute atomic E-state index is 12.8. The zero-order valence-electron chi connectivity index (χ0n) is 12.2. The summed E-state index contributed by atoms with van der Waals surface area (Å²) in [5, 5.41) is 3.80. The number of aryl methyl sites for hydroxylation is 1. The van der Waals surface area contributed by atoms with Crippen molar-refractivity contribution in [3.8, 4) is 0 Å². The van der Waals surface area contributed by atoms with Crippen LogP contribution in [-0.2, 0) is 15.8 Å². The molecule has 0 saturated carbocycles. The maximum Gasteiger partial charge on any atom is 0.417 e. The highest BCUT2D eigenvalue weighted by Crippen LogP contribution is 2.36. The minimum atomic E-state index is -4.67. The average molecular weight is 358 g/mol. The van der Waals surface area contributed by atoms with Gasteiger partial charge in [0.15, 0.2) is 0 Å². The fraction of sp³-hybridized carbons (Fsp3) is 0.133. The van der Waals surface area contributed by atoms with E-state index >= 15 is 0 Å². The molecule has 9 heteroatoms. The lowest BCUT2D eigenvalue weighted by Gasteiger charge is -2.11. The molecule has 2 aromatic rings. The van der Waals surface area contributed by atoms with Gasteiger partial charge in [-0.3, -0.25) is 9.59 Å². The number of amides is 2. The number of pyridine rings is 1. The standard InChI is InChI=1S/C15H11ClF3N3O2/c1-8-2-5-12(20-7-8)22-14(24)13(23)21-9-3-4-11(16)10(6-9)15(17,18)19/h2-7H,1H3,(H,21,23)(H,20,22,24). The minimum absolute atomic E-state index is 0.146. The molecule has 1 aromatic carbocycles. The molecule has 2 amide bonds. The Balaban J connectivity index is 2.09. The summed E-state index contributed by atoms with van der Waals surface area (Å²) in [7, 11) is 0. The van der Waals surface area contributed by atoms with E-state index in [1.165, 1.54) is 12.3 Å². The molecule has 0 spiro atoms. The van der Waals surface area contributed by atoms with Crippen molar-refractivity contribution in [2.24, 2.45) is 0 Å². The summed E-state index contributed by atoms with van der Waals surface area (Å²) in [4.78, 5) is 27.4. The van der Waals surface area contributed by atoms with Crippen LogP contribution in [0.25, 0.3) is 0 Å². The van der Waals surface area contributed by atoms with Crippen LogP contribution in [0, 0.1) is 6.92 Å². The summed E-state index contributed by atoms with van der Waals surface area (Å²) < 4.78 is 38.3. The third-order valence-corrected chi connectivity index (χ3v) is 3.22. The fourth-order valence-corrected chi connectivity index (χ4v) is 1.95. The zero-order chi connectivity index (χ0) is 17.9. The van der Waals surface area contributed by atoms with Gasteiger partial charge in [0, 0.05) is 11.9 Å². The van der Waals surface area contributed by atoms with Crippen LogP contribution in [0.3, 0.4) is 0 Å². The molecule has 0 saturated heterocycles. The lowest BCUT2D eigenvalue weighted by Crippen LogP contribution is -2.29. The Morgan fingerprint density at radius 2 is 1.75 bits per heavy atom. The number of nitrogens with zero attached hydrogens (tertiary/aromatic N) is 1. The molecule has 5 nitrogen and oxygen atoms in total. The molecule has 0 fully saturated rings. The van der Waals surface area contributed by atoms with Gasteiger partial charge in [-0.15, -0.1) is 0 Å². The number of aromatic nitrogens is 1. The Bertz CT molecular complexity index is 777. The third kappa shape index (κ3) is 4.45. The van der Waals surface area contributed by atoms with Crippen LogP contribution in [0.1, 0.15) is 11.1 Å². The quantitative estimate of drug-likeness (QED) is 0.806. The van der Waals surface area contributed by atoms with Crippen LogP contribution in [0.4, 0.5) is 24.7 Å². The lowest BCUT2D eigenvalue weighted by atomic mass is 10.2. The van der Waals surface area contributed by atoms with Gasteiger partial charge in [0.05, 0.1) is 10.6 Å². The van der Waals surface area contributed by atoms with E-state index in [0.717, 1.165) is 17.7 Å². The van der Waals surface area contributed by atoms with Crippen molar-refractivity contribution in [3.63, 3.8) is 0 Å². The van der Waals surface area contributed by atoms with E-state index in [2.05, 4.69) is 15.6 Å². The van der Waals surface area contributed by atoms with E-state index in [0.29, 0.717) is 6.07 Å². The van der Waals surface area contributed by atoms with E-state index in [4.69, 9.17) is 11.6 Å². The molecule has 126 valence electrons. The number of alkyl halides is 3. The number of hydrogen-bond acceptors (Lipinski definition) is 3. The van der Waals surface area contributed by atoms with Gasteiger partial charge in [0.2, 0.25) is 0 Å². The van der Waals surface area contributed by atoms with Gasteiger partial charge in [-0.2, -0.15) is 13.2 Å². The van der Waals surface area contributed by atoms with Crippen molar-refractivity contribution in [2.45, 2.75) is 13.1 Å². The summed E-state index contributed by atoms with van der Waals surface area (Å²) in [5.74, 6) is -2.05. The molecular formula is C15H11ClF3N3O2. The molecule has 1 aromatic heterocycles. The fourth-order valence-electron chi connectivity index (χ4n) is 1.72. The molecule has 0 aliphatic carbocycles. The SMILES string of the molecule is Cc1ccc(NC(=O)C(=O)Nc2ccc(Cl)c(C(F)(F)F)c2)nc1. The number of carbonyl (C=O) groups is 2. The van der Waals surface area contributed by atoms with Crippen LogP contribution in [0.15, 0.2) is 36.5 Å². The van der Waals surface area contributed by atoms with Crippen molar-refractivity contribution in [3.05, 3.63) is 52.7 Å². The number of benzene rings is 1. The van der Waals surface area contributed by atoms with Crippen molar-refractivity contribution in [2.75, 3.05) is 10.6 Å². The first-order chi connectivity index (χ1) is 11.2. The minimum Gasteiger partial charge on any atom is -0.318 e. The van der Waals surface area contributed by atoms with E-state index in [-0.39, 0.29) is 11.5 Å². The van der Waals surface area contributed by atoms with E-state index in [1.807, 2.05) is 0 Å². The first-order valence-electron chi connectivity index (χ1n) is 6.58. The average Bonchev–Trinajstić information content (AvgIpc) is 2.50. The van der Waals surface area contributed by atoms with Gasteiger partial charge in [-0.05, 0) is 36.8 Å². The van der Waals surface area contributed by atoms with Crippen molar-refractivity contribution < 1.29 is 22.8 Å². The first kappa shape index (κ1) is 17.7. The molecule has 2 N–H and O–H groups in total.